The van der Waals surface area contributed by atoms with Gasteiger partial charge in [-0.3, -0.25) is 4.79 Å². The fourth-order valence-corrected chi connectivity index (χ4v) is 4.61. The van der Waals surface area contributed by atoms with E-state index >= 15 is 0 Å². The summed E-state index contributed by atoms with van der Waals surface area (Å²) < 4.78 is 10.3. The van der Waals surface area contributed by atoms with Crippen molar-refractivity contribution in [2.75, 3.05) is 26.7 Å². The van der Waals surface area contributed by atoms with Crippen LogP contribution in [-0.4, -0.2) is 61.7 Å². The molecular formula is C29H33N3O5. The standard InChI is InChI=1S/C29H33N3O5/c1-36-28(34)26(19-22-13-14-23-10-5-6-11-24(23)18-22)32-17-16-30-25(27(32)33)12-7-15-31-29(35)37-20-21-8-3-2-4-9-21/h2-6,8-11,13-14,18,25-26,30H,7,12,15-17,19-20H2,1H3,(H,31,35). The van der Waals surface area contributed by atoms with E-state index in [9.17, 15) is 14.4 Å². The van der Waals surface area contributed by atoms with Crippen LogP contribution in [0, 0.1) is 0 Å². The molecule has 1 fully saturated rings. The van der Waals surface area contributed by atoms with E-state index in [2.05, 4.69) is 16.7 Å². The lowest BCUT2D eigenvalue weighted by atomic mass is 9.98. The molecule has 8 heteroatoms. The molecule has 37 heavy (non-hydrogen) atoms. The lowest BCUT2D eigenvalue weighted by molar-refractivity contribution is -0.155. The normalized spacial score (nSPS) is 16.3. The third kappa shape index (κ3) is 7.07. The quantitative estimate of drug-likeness (QED) is 0.325. The first-order valence-electron chi connectivity index (χ1n) is 12.6. The number of ether oxygens (including phenoxy) is 2. The van der Waals surface area contributed by atoms with Gasteiger partial charge >= 0.3 is 12.1 Å². The van der Waals surface area contributed by atoms with Crippen LogP contribution in [0.5, 0.6) is 0 Å². The topological polar surface area (TPSA) is 97.0 Å². The first kappa shape index (κ1) is 26.2. The van der Waals surface area contributed by atoms with Crippen molar-refractivity contribution in [3.8, 4) is 0 Å². The van der Waals surface area contributed by atoms with Crippen LogP contribution in [-0.2, 0) is 32.1 Å². The van der Waals surface area contributed by atoms with Gasteiger partial charge in [-0.25, -0.2) is 9.59 Å². The van der Waals surface area contributed by atoms with Gasteiger partial charge in [0.25, 0.3) is 0 Å². The molecule has 194 valence electrons. The number of esters is 1. The third-order valence-electron chi connectivity index (χ3n) is 6.57. The van der Waals surface area contributed by atoms with Gasteiger partial charge < -0.3 is 25.0 Å². The molecule has 0 spiro atoms. The Kier molecular flexibility index (Phi) is 9.10. The predicted octanol–water partition coefficient (Wildman–Crippen LogP) is 3.43. The third-order valence-corrected chi connectivity index (χ3v) is 6.57. The smallest absolute Gasteiger partial charge is 0.407 e. The van der Waals surface area contributed by atoms with Gasteiger partial charge in [-0.05, 0) is 34.7 Å². The van der Waals surface area contributed by atoms with Crippen molar-refractivity contribution in [1.82, 2.24) is 15.5 Å². The predicted molar refractivity (Wildman–Crippen MR) is 141 cm³/mol. The van der Waals surface area contributed by atoms with Crippen molar-refractivity contribution in [2.45, 2.75) is 38.0 Å². The van der Waals surface area contributed by atoms with Crippen molar-refractivity contribution >= 4 is 28.7 Å². The number of amides is 2. The summed E-state index contributed by atoms with van der Waals surface area (Å²) >= 11 is 0. The first-order valence-corrected chi connectivity index (χ1v) is 12.6. The number of methoxy groups -OCH3 is 1. The van der Waals surface area contributed by atoms with Gasteiger partial charge in [-0.1, -0.05) is 72.8 Å². The summed E-state index contributed by atoms with van der Waals surface area (Å²) in [7, 11) is 1.35. The molecule has 2 N–H and O–H groups in total. The fraction of sp³-hybridized carbons (Fsp3) is 0.345. The number of carbonyl (C=O) groups is 3. The number of hydrogen-bond acceptors (Lipinski definition) is 6. The first-order chi connectivity index (χ1) is 18.0. The molecule has 3 aromatic rings. The van der Waals surface area contributed by atoms with Crippen LogP contribution in [0.3, 0.4) is 0 Å². The Labute approximate surface area is 216 Å². The van der Waals surface area contributed by atoms with Gasteiger partial charge in [0.1, 0.15) is 12.6 Å². The molecule has 2 amide bonds. The summed E-state index contributed by atoms with van der Waals surface area (Å²) in [5.74, 6) is -0.556. The molecule has 0 saturated carbocycles. The van der Waals surface area contributed by atoms with Crippen LogP contribution in [0.1, 0.15) is 24.0 Å². The van der Waals surface area contributed by atoms with Crippen LogP contribution >= 0.6 is 0 Å². The van der Waals surface area contributed by atoms with Crippen molar-refractivity contribution in [2.24, 2.45) is 0 Å². The van der Waals surface area contributed by atoms with E-state index in [1.165, 1.54) is 7.11 Å². The number of nitrogens with zero attached hydrogens (tertiary/aromatic N) is 1. The van der Waals surface area contributed by atoms with Crippen LogP contribution in [0.15, 0.2) is 72.8 Å². The van der Waals surface area contributed by atoms with E-state index in [-0.39, 0.29) is 12.5 Å². The molecule has 8 nitrogen and oxygen atoms in total. The molecule has 0 aliphatic carbocycles. The maximum atomic E-state index is 13.3. The largest absolute Gasteiger partial charge is 0.467 e. The van der Waals surface area contributed by atoms with Gasteiger partial charge in [0, 0.05) is 26.1 Å². The molecule has 1 aliphatic heterocycles. The molecule has 1 saturated heterocycles. The van der Waals surface area contributed by atoms with Crippen molar-refractivity contribution < 1.29 is 23.9 Å². The second-order valence-electron chi connectivity index (χ2n) is 9.09. The van der Waals surface area contributed by atoms with E-state index in [4.69, 9.17) is 9.47 Å². The van der Waals surface area contributed by atoms with Crippen LogP contribution in [0.2, 0.25) is 0 Å². The molecule has 0 radical (unpaired) electrons. The zero-order valence-electron chi connectivity index (χ0n) is 21.0. The maximum absolute atomic E-state index is 13.3. The average molecular weight is 504 g/mol. The van der Waals surface area contributed by atoms with E-state index < -0.39 is 24.1 Å². The summed E-state index contributed by atoms with van der Waals surface area (Å²) in [6.07, 6.45) is 1.00. The highest BCUT2D eigenvalue weighted by Gasteiger charge is 2.36. The lowest BCUT2D eigenvalue weighted by Gasteiger charge is -2.37. The minimum Gasteiger partial charge on any atom is -0.467 e. The number of hydrogen-bond donors (Lipinski definition) is 2. The van der Waals surface area contributed by atoms with Gasteiger partial charge in [0.15, 0.2) is 0 Å². The van der Waals surface area contributed by atoms with E-state index in [1.54, 1.807) is 4.90 Å². The van der Waals surface area contributed by atoms with E-state index in [0.29, 0.717) is 38.9 Å². The SMILES string of the molecule is COC(=O)C(Cc1ccc2ccccc2c1)N1CCNC(CCCNC(=O)OCc2ccccc2)C1=O. The highest BCUT2D eigenvalue weighted by Crippen LogP contribution is 2.20. The number of benzene rings is 3. The summed E-state index contributed by atoms with van der Waals surface area (Å²) in [5.41, 5.74) is 1.88. The van der Waals surface area contributed by atoms with Crippen molar-refractivity contribution in [1.29, 1.82) is 0 Å². The lowest BCUT2D eigenvalue weighted by Crippen LogP contribution is -2.60. The average Bonchev–Trinajstić information content (AvgIpc) is 2.94. The Morgan fingerprint density at radius 2 is 1.78 bits per heavy atom. The van der Waals surface area contributed by atoms with Crippen molar-refractivity contribution in [3.05, 3.63) is 83.9 Å². The van der Waals surface area contributed by atoms with Gasteiger partial charge in [-0.2, -0.15) is 0 Å². The molecule has 3 aromatic carbocycles. The number of carbonyl (C=O) groups excluding carboxylic acids is 3. The van der Waals surface area contributed by atoms with E-state index in [0.717, 1.165) is 21.9 Å². The monoisotopic (exact) mass is 503 g/mol. The van der Waals surface area contributed by atoms with Gasteiger partial charge in [-0.15, -0.1) is 0 Å². The minimum absolute atomic E-state index is 0.130. The Morgan fingerprint density at radius 3 is 2.57 bits per heavy atom. The number of rotatable bonds is 10. The highest BCUT2D eigenvalue weighted by atomic mass is 16.5. The molecule has 4 rings (SSSR count). The van der Waals surface area contributed by atoms with Crippen LogP contribution < -0.4 is 10.6 Å². The molecule has 0 bridgehead atoms. The molecule has 0 aromatic heterocycles. The zero-order chi connectivity index (χ0) is 26.0. The number of fused-ring (bicyclic) bond motifs is 1. The second kappa shape index (κ2) is 12.9. The number of alkyl carbamates (subject to hydrolysis) is 1. The van der Waals surface area contributed by atoms with Crippen LogP contribution in [0.4, 0.5) is 4.79 Å². The summed E-state index contributed by atoms with van der Waals surface area (Å²) in [5, 5.41) is 8.18. The summed E-state index contributed by atoms with van der Waals surface area (Å²) in [4.78, 5) is 39.6. The highest BCUT2D eigenvalue weighted by molar-refractivity contribution is 5.89. The second-order valence-corrected chi connectivity index (χ2v) is 9.09. The zero-order valence-corrected chi connectivity index (χ0v) is 21.0. The van der Waals surface area contributed by atoms with Gasteiger partial charge in [0.2, 0.25) is 5.91 Å². The molecule has 2 unspecified atom stereocenters. The van der Waals surface area contributed by atoms with E-state index in [1.807, 2.05) is 66.7 Å². The number of piperazine rings is 1. The fourth-order valence-electron chi connectivity index (χ4n) is 4.61. The van der Waals surface area contributed by atoms with Gasteiger partial charge in [0.05, 0.1) is 13.2 Å². The molecule has 1 aliphatic rings. The molecular weight excluding hydrogens is 470 g/mol. The Hall–Kier alpha value is -3.91. The van der Waals surface area contributed by atoms with Crippen LogP contribution in [0.25, 0.3) is 10.8 Å². The Morgan fingerprint density at radius 1 is 1.03 bits per heavy atom. The summed E-state index contributed by atoms with van der Waals surface area (Å²) in [6.45, 7) is 1.59. The Balaban J connectivity index is 1.30. The number of nitrogens with one attached hydrogen (secondary N) is 2. The minimum atomic E-state index is -0.700. The maximum Gasteiger partial charge on any atom is 0.407 e. The van der Waals surface area contributed by atoms with Crippen molar-refractivity contribution in [3.63, 3.8) is 0 Å². The molecule has 1 heterocycles. The molecule has 2 atom stereocenters. The Bertz CT molecular complexity index is 1220. The summed E-state index contributed by atoms with van der Waals surface area (Å²) in [6, 6.07) is 22.4.